The highest BCUT2D eigenvalue weighted by molar-refractivity contribution is 7.90. The number of carbonyl (C=O) groups excluding carboxylic acids is 1. The molecule has 1 fully saturated rings. The zero-order chi connectivity index (χ0) is 25.0. The fraction of sp³-hybridized carbons (Fsp3) is 0.625. The largest absolute Gasteiger partial charge is 0.598 e. The predicted molar refractivity (Wildman–Crippen MR) is 136 cm³/mol. The van der Waals surface area contributed by atoms with Crippen LogP contribution in [-0.4, -0.2) is 45.6 Å². The Bertz CT molecular complexity index is 831. The highest BCUT2D eigenvalue weighted by Crippen LogP contribution is 2.43. The van der Waals surface area contributed by atoms with E-state index in [1.165, 1.54) is 0 Å². The number of benzene rings is 1. The van der Waals surface area contributed by atoms with Crippen LogP contribution >= 0.6 is 23.2 Å². The number of rotatable bonds is 7. The molecule has 1 heterocycles. The number of ether oxygens (including phenoxy) is 2. The Labute approximate surface area is 211 Å². The number of hydrogen-bond donors (Lipinski definition) is 1. The molecule has 0 bridgehead atoms. The number of nitrogens with one attached hydrogen (secondary N) is 1. The summed E-state index contributed by atoms with van der Waals surface area (Å²) in [5.74, 6) is 0.624. The predicted octanol–water partition coefficient (Wildman–Crippen LogP) is 6.30. The van der Waals surface area contributed by atoms with Crippen LogP contribution in [0.4, 0.5) is 4.79 Å². The SMILES string of the molecule is C=CCOc1ccc(Cl)c(Cl)c1C(N[S@@+]([O-])C(C)(C)C)C1CCN(C(=O)OC(C)(C)C)CC1. The summed E-state index contributed by atoms with van der Waals surface area (Å²) in [6, 6.07) is 3.09. The van der Waals surface area contributed by atoms with E-state index in [4.69, 9.17) is 32.7 Å². The molecule has 1 aliphatic rings. The van der Waals surface area contributed by atoms with Crippen molar-refractivity contribution in [2.45, 2.75) is 70.8 Å². The van der Waals surface area contributed by atoms with Crippen LogP contribution in [-0.2, 0) is 16.1 Å². The van der Waals surface area contributed by atoms with Crippen molar-refractivity contribution in [1.29, 1.82) is 0 Å². The second-order valence-corrected chi connectivity index (χ2v) is 12.9. The second kappa shape index (κ2) is 11.5. The molecule has 0 spiro atoms. The minimum Gasteiger partial charge on any atom is -0.598 e. The minimum absolute atomic E-state index is 0.0528. The first kappa shape index (κ1) is 28.1. The lowest BCUT2D eigenvalue weighted by Gasteiger charge is -2.38. The van der Waals surface area contributed by atoms with Gasteiger partial charge in [-0.25, -0.2) is 4.79 Å². The van der Waals surface area contributed by atoms with Crippen molar-refractivity contribution in [1.82, 2.24) is 9.62 Å². The molecule has 1 N–H and O–H groups in total. The molecule has 1 aromatic carbocycles. The van der Waals surface area contributed by atoms with E-state index < -0.39 is 21.7 Å². The van der Waals surface area contributed by atoms with Gasteiger partial charge in [-0.2, -0.15) is 0 Å². The maximum absolute atomic E-state index is 13.1. The van der Waals surface area contributed by atoms with Gasteiger partial charge < -0.3 is 18.9 Å². The van der Waals surface area contributed by atoms with Crippen LogP contribution in [0, 0.1) is 5.92 Å². The van der Waals surface area contributed by atoms with Crippen LogP contribution in [0.25, 0.3) is 0 Å². The third kappa shape index (κ3) is 7.96. The van der Waals surface area contributed by atoms with Crippen LogP contribution in [0.3, 0.4) is 0 Å². The standard InChI is InChI=1S/C24H36Cl2N2O4S/c1-8-15-31-18-10-9-17(25)20(26)19(18)21(27-33(30)24(5,6)7)16-11-13-28(14-12-16)22(29)32-23(2,3)4/h8-10,16,21,27H,1,11-15H2,2-7H3/t21?,33-/m0/s1. The smallest absolute Gasteiger partial charge is 0.410 e. The van der Waals surface area contributed by atoms with E-state index in [2.05, 4.69) is 11.3 Å². The van der Waals surface area contributed by atoms with Crippen molar-refractivity contribution < 1.29 is 18.8 Å². The molecule has 1 saturated heterocycles. The topological polar surface area (TPSA) is 73.9 Å². The van der Waals surface area contributed by atoms with E-state index in [1.807, 2.05) is 41.5 Å². The summed E-state index contributed by atoms with van der Waals surface area (Å²) >= 11 is 11.7. The molecular weight excluding hydrogens is 483 g/mol. The number of likely N-dealkylation sites (tertiary alicyclic amines) is 1. The zero-order valence-corrected chi connectivity index (χ0v) is 22.7. The molecule has 0 radical (unpaired) electrons. The Hall–Kier alpha value is -1.12. The highest BCUT2D eigenvalue weighted by Gasteiger charge is 2.39. The molecule has 1 unspecified atom stereocenters. The first-order chi connectivity index (χ1) is 15.2. The van der Waals surface area contributed by atoms with Crippen LogP contribution < -0.4 is 9.46 Å². The molecule has 0 saturated carbocycles. The number of hydrogen-bond acceptors (Lipinski definition) is 5. The molecule has 0 aliphatic carbocycles. The summed E-state index contributed by atoms with van der Waals surface area (Å²) in [6.45, 7) is 16.4. The molecular formula is C24H36Cl2N2O4S. The summed E-state index contributed by atoms with van der Waals surface area (Å²) in [7, 11) is 0. The molecule has 1 aliphatic heterocycles. The van der Waals surface area contributed by atoms with Gasteiger partial charge in [-0.3, -0.25) is 0 Å². The first-order valence-electron chi connectivity index (χ1n) is 11.1. The maximum Gasteiger partial charge on any atom is 0.410 e. The minimum atomic E-state index is -1.36. The molecule has 6 nitrogen and oxygen atoms in total. The van der Waals surface area contributed by atoms with Gasteiger partial charge in [-0.15, -0.1) is 4.72 Å². The fourth-order valence-corrected chi connectivity index (χ4v) is 4.87. The van der Waals surface area contributed by atoms with Crippen molar-refractivity contribution in [3.63, 3.8) is 0 Å². The average Bonchev–Trinajstić information content (AvgIpc) is 2.71. The van der Waals surface area contributed by atoms with Gasteiger partial charge in [0.05, 0.1) is 16.1 Å². The number of halogens is 2. The monoisotopic (exact) mass is 518 g/mol. The van der Waals surface area contributed by atoms with Crippen LogP contribution in [0.1, 0.15) is 66.0 Å². The molecule has 186 valence electrons. The number of piperidine rings is 1. The van der Waals surface area contributed by atoms with Gasteiger partial charge in [0.15, 0.2) is 0 Å². The van der Waals surface area contributed by atoms with Gasteiger partial charge >= 0.3 is 6.09 Å². The van der Waals surface area contributed by atoms with E-state index in [9.17, 15) is 9.35 Å². The molecule has 2 rings (SSSR count). The summed E-state index contributed by atoms with van der Waals surface area (Å²) < 4.78 is 27.3. The third-order valence-electron chi connectivity index (χ3n) is 5.21. The summed E-state index contributed by atoms with van der Waals surface area (Å²) in [6.07, 6.45) is 2.70. The molecule has 0 aromatic heterocycles. The molecule has 9 heteroatoms. The van der Waals surface area contributed by atoms with Crippen molar-refractivity contribution in [3.8, 4) is 5.75 Å². The van der Waals surface area contributed by atoms with E-state index >= 15 is 0 Å². The Morgan fingerprint density at radius 2 is 1.88 bits per heavy atom. The van der Waals surface area contributed by atoms with Crippen LogP contribution in [0.15, 0.2) is 24.8 Å². The first-order valence-corrected chi connectivity index (χ1v) is 13.0. The Kier molecular flexibility index (Phi) is 9.83. The third-order valence-corrected chi connectivity index (χ3v) is 7.61. The normalized spacial score (nSPS) is 17.4. The Morgan fingerprint density at radius 1 is 1.27 bits per heavy atom. The molecule has 1 aromatic rings. The van der Waals surface area contributed by atoms with Gasteiger partial charge in [0.25, 0.3) is 0 Å². The van der Waals surface area contributed by atoms with Crippen molar-refractivity contribution in [2.75, 3.05) is 19.7 Å². The van der Waals surface area contributed by atoms with Gasteiger partial charge in [0, 0.05) is 30.0 Å². The summed E-state index contributed by atoms with van der Waals surface area (Å²) in [4.78, 5) is 14.2. The van der Waals surface area contributed by atoms with Gasteiger partial charge in [-0.1, -0.05) is 35.9 Å². The second-order valence-electron chi connectivity index (χ2n) is 10.2. The van der Waals surface area contributed by atoms with E-state index in [0.717, 1.165) is 0 Å². The molecule has 33 heavy (non-hydrogen) atoms. The number of nitrogens with zero attached hydrogens (tertiary/aromatic N) is 1. The molecule has 2 atom stereocenters. The van der Waals surface area contributed by atoms with Crippen molar-refractivity contribution in [3.05, 3.63) is 40.4 Å². The van der Waals surface area contributed by atoms with Gasteiger partial charge in [0.1, 0.15) is 22.7 Å². The number of amides is 1. The lowest BCUT2D eigenvalue weighted by atomic mass is 9.85. The fourth-order valence-electron chi connectivity index (χ4n) is 3.54. The highest BCUT2D eigenvalue weighted by atomic mass is 35.5. The van der Waals surface area contributed by atoms with Crippen molar-refractivity contribution in [2.24, 2.45) is 5.92 Å². The van der Waals surface area contributed by atoms with E-state index in [1.54, 1.807) is 23.1 Å². The number of carbonyl (C=O) groups is 1. The lowest BCUT2D eigenvalue weighted by Crippen LogP contribution is -2.47. The van der Waals surface area contributed by atoms with Crippen LogP contribution in [0.2, 0.25) is 10.0 Å². The molecule has 1 amide bonds. The Balaban J connectivity index is 2.35. The summed E-state index contributed by atoms with van der Waals surface area (Å²) in [5, 5.41) is 0.772. The van der Waals surface area contributed by atoms with Gasteiger partial charge in [0.2, 0.25) is 0 Å². The zero-order valence-electron chi connectivity index (χ0n) is 20.4. The lowest BCUT2D eigenvalue weighted by molar-refractivity contribution is 0.0171. The van der Waals surface area contributed by atoms with Crippen LogP contribution in [0.5, 0.6) is 5.75 Å². The Morgan fingerprint density at radius 3 is 2.39 bits per heavy atom. The maximum atomic E-state index is 13.1. The average molecular weight is 520 g/mol. The van der Waals surface area contributed by atoms with E-state index in [0.29, 0.717) is 53.9 Å². The summed E-state index contributed by atoms with van der Waals surface area (Å²) in [5.41, 5.74) is 0.132. The van der Waals surface area contributed by atoms with E-state index in [-0.39, 0.29) is 18.1 Å². The van der Waals surface area contributed by atoms with Crippen molar-refractivity contribution >= 4 is 40.7 Å². The van der Waals surface area contributed by atoms with Gasteiger partial charge in [-0.05, 0) is 72.4 Å². The quantitative estimate of drug-likeness (QED) is 0.338.